The van der Waals surface area contributed by atoms with Gasteiger partial charge in [0.2, 0.25) is 0 Å². The minimum atomic E-state index is 0.222. The molecule has 0 amide bonds. The predicted octanol–water partition coefficient (Wildman–Crippen LogP) is 3.81. The van der Waals surface area contributed by atoms with E-state index < -0.39 is 0 Å². The van der Waals surface area contributed by atoms with Crippen molar-refractivity contribution < 1.29 is 4.74 Å². The van der Waals surface area contributed by atoms with Gasteiger partial charge in [-0.3, -0.25) is 11.3 Å². The molecule has 0 aliphatic rings. The third-order valence-corrected chi connectivity index (χ3v) is 3.59. The smallest absolute Gasteiger partial charge is 0.119 e. The Hall–Kier alpha value is -1.06. The first-order valence-electron chi connectivity index (χ1n) is 7.40. The maximum absolute atomic E-state index is 5.67. The molecule has 0 spiro atoms. The van der Waals surface area contributed by atoms with E-state index in [-0.39, 0.29) is 6.04 Å². The molecule has 1 aromatic carbocycles. The van der Waals surface area contributed by atoms with Crippen LogP contribution in [0.2, 0.25) is 0 Å². The lowest BCUT2D eigenvalue weighted by Gasteiger charge is -2.20. The number of benzene rings is 1. The number of nitrogens with two attached hydrogens (primary N) is 1. The number of rotatable bonds is 9. The Kier molecular flexibility index (Phi) is 7.53. The third-order valence-electron chi connectivity index (χ3n) is 3.59. The number of nitrogens with one attached hydrogen (secondary N) is 1. The zero-order chi connectivity index (χ0) is 14.1. The molecule has 108 valence electrons. The summed E-state index contributed by atoms with van der Waals surface area (Å²) in [4.78, 5) is 0. The fourth-order valence-electron chi connectivity index (χ4n) is 2.00. The summed E-state index contributed by atoms with van der Waals surface area (Å²) in [5.74, 6) is 7.27. The summed E-state index contributed by atoms with van der Waals surface area (Å²) in [5, 5.41) is 0. The highest BCUT2D eigenvalue weighted by atomic mass is 16.5. The van der Waals surface area contributed by atoms with Gasteiger partial charge in [0.25, 0.3) is 0 Å². The molecule has 0 aliphatic carbocycles. The van der Waals surface area contributed by atoms with Crippen LogP contribution in [0.1, 0.15) is 58.1 Å². The normalized spacial score (nSPS) is 14.1. The zero-order valence-corrected chi connectivity index (χ0v) is 12.5. The highest BCUT2D eigenvalue weighted by Crippen LogP contribution is 2.24. The minimum Gasteiger partial charge on any atom is -0.494 e. The van der Waals surface area contributed by atoms with Crippen LogP contribution in [-0.2, 0) is 0 Å². The van der Waals surface area contributed by atoms with Gasteiger partial charge in [0.1, 0.15) is 5.75 Å². The molecule has 0 saturated heterocycles. The molecular weight excluding hydrogens is 236 g/mol. The predicted molar refractivity (Wildman–Crippen MR) is 81.0 cm³/mol. The van der Waals surface area contributed by atoms with Crippen molar-refractivity contribution in [3.8, 4) is 5.75 Å². The molecule has 0 aromatic heterocycles. The van der Waals surface area contributed by atoms with Gasteiger partial charge >= 0.3 is 0 Å². The molecule has 0 bridgehead atoms. The van der Waals surface area contributed by atoms with E-state index in [1.54, 1.807) is 0 Å². The Morgan fingerprint density at radius 1 is 1.21 bits per heavy atom. The molecule has 0 heterocycles. The lowest BCUT2D eigenvalue weighted by molar-refractivity contribution is 0.309. The van der Waals surface area contributed by atoms with Crippen LogP contribution in [0.3, 0.4) is 0 Å². The van der Waals surface area contributed by atoms with Crippen LogP contribution in [0.5, 0.6) is 5.75 Å². The van der Waals surface area contributed by atoms with E-state index in [1.807, 2.05) is 12.1 Å². The molecule has 1 rings (SSSR count). The van der Waals surface area contributed by atoms with E-state index in [9.17, 15) is 0 Å². The van der Waals surface area contributed by atoms with Crippen LogP contribution in [0.15, 0.2) is 24.3 Å². The summed E-state index contributed by atoms with van der Waals surface area (Å²) >= 11 is 0. The first-order chi connectivity index (χ1) is 9.21. The third kappa shape index (κ3) is 5.62. The standard InChI is InChI=1S/C16H28N2O/c1-4-6-11-19-15-9-7-14(8-10-15)16(18-17)12-13(3)5-2/h7-10,13,16,18H,4-6,11-12,17H2,1-3H3. The lowest BCUT2D eigenvalue weighted by Crippen LogP contribution is -2.29. The Morgan fingerprint density at radius 2 is 1.89 bits per heavy atom. The summed E-state index contributed by atoms with van der Waals surface area (Å²) < 4.78 is 5.67. The van der Waals surface area contributed by atoms with Crippen LogP contribution in [0.25, 0.3) is 0 Å². The van der Waals surface area contributed by atoms with Crippen LogP contribution >= 0.6 is 0 Å². The molecule has 19 heavy (non-hydrogen) atoms. The monoisotopic (exact) mass is 264 g/mol. The van der Waals surface area contributed by atoms with Crippen molar-refractivity contribution in [1.29, 1.82) is 0 Å². The summed E-state index contributed by atoms with van der Waals surface area (Å²) in [5.41, 5.74) is 4.14. The second-order valence-electron chi connectivity index (χ2n) is 5.24. The number of hydrazine groups is 1. The molecule has 3 heteroatoms. The maximum atomic E-state index is 5.67. The minimum absolute atomic E-state index is 0.222. The Labute approximate surface area is 117 Å². The van der Waals surface area contributed by atoms with Gasteiger partial charge in [0.15, 0.2) is 0 Å². The first-order valence-corrected chi connectivity index (χ1v) is 7.40. The maximum Gasteiger partial charge on any atom is 0.119 e. The molecule has 2 unspecified atom stereocenters. The van der Waals surface area contributed by atoms with E-state index in [1.165, 1.54) is 12.0 Å². The van der Waals surface area contributed by atoms with Crippen molar-refractivity contribution in [2.45, 2.75) is 52.5 Å². The van der Waals surface area contributed by atoms with E-state index in [0.29, 0.717) is 5.92 Å². The van der Waals surface area contributed by atoms with E-state index >= 15 is 0 Å². The quantitative estimate of drug-likeness (QED) is 0.405. The van der Waals surface area contributed by atoms with Crippen molar-refractivity contribution >= 4 is 0 Å². The highest BCUT2D eigenvalue weighted by molar-refractivity contribution is 5.29. The van der Waals surface area contributed by atoms with Crippen molar-refractivity contribution in [1.82, 2.24) is 5.43 Å². The van der Waals surface area contributed by atoms with Crippen LogP contribution in [0.4, 0.5) is 0 Å². The largest absolute Gasteiger partial charge is 0.494 e. The van der Waals surface area contributed by atoms with Crippen molar-refractivity contribution in [3.63, 3.8) is 0 Å². The summed E-state index contributed by atoms with van der Waals surface area (Å²) in [6, 6.07) is 8.50. The average Bonchev–Trinajstić information content (AvgIpc) is 2.45. The number of unbranched alkanes of at least 4 members (excludes halogenated alkanes) is 1. The van der Waals surface area contributed by atoms with E-state index in [0.717, 1.165) is 31.6 Å². The van der Waals surface area contributed by atoms with Gasteiger partial charge in [0, 0.05) is 6.04 Å². The molecule has 0 fully saturated rings. The van der Waals surface area contributed by atoms with Gasteiger partial charge in [-0.2, -0.15) is 0 Å². The Morgan fingerprint density at radius 3 is 2.42 bits per heavy atom. The number of ether oxygens (including phenoxy) is 1. The Balaban J connectivity index is 2.57. The average molecular weight is 264 g/mol. The topological polar surface area (TPSA) is 47.3 Å². The molecule has 2 atom stereocenters. The van der Waals surface area contributed by atoms with Crippen molar-refractivity contribution in [3.05, 3.63) is 29.8 Å². The molecule has 0 aliphatic heterocycles. The van der Waals surface area contributed by atoms with Gasteiger partial charge in [-0.05, 0) is 36.5 Å². The highest BCUT2D eigenvalue weighted by Gasteiger charge is 2.12. The number of hydrogen-bond acceptors (Lipinski definition) is 3. The van der Waals surface area contributed by atoms with Gasteiger partial charge in [-0.1, -0.05) is 45.7 Å². The molecule has 1 aromatic rings. The molecule has 0 radical (unpaired) electrons. The van der Waals surface area contributed by atoms with E-state index in [4.69, 9.17) is 10.6 Å². The Bertz CT molecular complexity index is 337. The summed E-state index contributed by atoms with van der Waals surface area (Å²) in [6.07, 6.45) is 4.49. The van der Waals surface area contributed by atoms with Crippen LogP contribution < -0.4 is 16.0 Å². The van der Waals surface area contributed by atoms with Gasteiger partial charge < -0.3 is 4.74 Å². The zero-order valence-electron chi connectivity index (χ0n) is 12.5. The summed E-state index contributed by atoms with van der Waals surface area (Å²) in [7, 11) is 0. The van der Waals surface area contributed by atoms with Crippen molar-refractivity contribution in [2.24, 2.45) is 11.8 Å². The SMILES string of the molecule is CCCCOc1ccc(C(CC(C)CC)NN)cc1. The molecule has 3 N–H and O–H groups in total. The molecular formula is C16H28N2O. The fraction of sp³-hybridized carbons (Fsp3) is 0.625. The van der Waals surface area contributed by atoms with Crippen molar-refractivity contribution in [2.75, 3.05) is 6.61 Å². The lowest BCUT2D eigenvalue weighted by atomic mass is 9.95. The van der Waals surface area contributed by atoms with E-state index in [2.05, 4.69) is 38.3 Å². The fourth-order valence-corrected chi connectivity index (χ4v) is 2.00. The first kappa shape index (κ1) is 16.0. The van der Waals surface area contributed by atoms with Gasteiger partial charge in [0.05, 0.1) is 6.61 Å². The second-order valence-corrected chi connectivity index (χ2v) is 5.24. The molecule has 3 nitrogen and oxygen atoms in total. The van der Waals surface area contributed by atoms with Gasteiger partial charge in [-0.15, -0.1) is 0 Å². The van der Waals surface area contributed by atoms with Crippen LogP contribution in [0, 0.1) is 5.92 Å². The second kappa shape index (κ2) is 8.94. The number of hydrogen-bond donors (Lipinski definition) is 2. The van der Waals surface area contributed by atoms with Crippen LogP contribution in [-0.4, -0.2) is 6.61 Å². The summed E-state index contributed by atoms with van der Waals surface area (Å²) in [6.45, 7) is 7.43. The van der Waals surface area contributed by atoms with Gasteiger partial charge in [-0.25, -0.2) is 0 Å². The molecule has 0 saturated carbocycles.